The summed E-state index contributed by atoms with van der Waals surface area (Å²) in [6.45, 7) is 9.12. The number of nitrogens with zero attached hydrogens (tertiary/aromatic N) is 3. The second-order valence-electron chi connectivity index (χ2n) is 9.67. The molecule has 0 aliphatic carbocycles. The van der Waals surface area contributed by atoms with Gasteiger partial charge in [0.25, 0.3) is 0 Å². The van der Waals surface area contributed by atoms with Crippen molar-refractivity contribution in [1.29, 1.82) is 0 Å². The highest BCUT2D eigenvalue weighted by Gasteiger charge is 2.18. The molecule has 2 heterocycles. The third-order valence-electron chi connectivity index (χ3n) is 6.64. The molecule has 0 saturated heterocycles. The maximum absolute atomic E-state index is 10.7. The number of aryl methyl sites for hydroxylation is 2. The highest BCUT2D eigenvalue weighted by atomic mass is 16.3. The van der Waals surface area contributed by atoms with Gasteiger partial charge < -0.3 is 21.7 Å². The summed E-state index contributed by atoms with van der Waals surface area (Å²) < 4.78 is 0. The van der Waals surface area contributed by atoms with Gasteiger partial charge in [0.05, 0.1) is 11.4 Å². The Hall–Kier alpha value is -2.97. The van der Waals surface area contributed by atoms with Gasteiger partial charge in [0, 0.05) is 74.6 Å². The summed E-state index contributed by atoms with van der Waals surface area (Å²) in [5.74, 6) is 0.591. The van der Waals surface area contributed by atoms with Crippen molar-refractivity contribution in [2.45, 2.75) is 59.5 Å². The van der Waals surface area contributed by atoms with E-state index in [0.29, 0.717) is 37.7 Å². The molecule has 35 heavy (non-hydrogen) atoms. The average Bonchev–Trinajstić information content (AvgIpc) is 2.82. The average molecular weight is 476 g/mol. The first-order valence-electron chi connectivity index (χ1n) is 12.3. The SMILES string of the molecule is Cc1cc(CN)c(O)c(CN2CCCN(Cc3cc(C)cc(CN)c3O)Cc3cccc(n3)C2)c1. The van der Waals surface area contributed by atoms with Crippen molar-refractivity contribution >= 4 is 0 Å². The highest BCUT2D eigenvalue weighted by Crippen LogP contribution is 2.28. The Bertz CT molecular complexity index is 1090. The van der Waals surface area contributed by atoms with Crippen molar-refractivity contribution in [2.75, 3.05) is 13.1 Å². The van der Waals surface area contributed by atoms with E-state index in [0.717, 1.165) is 77.4 Å². The van der Waals surface area contributed by atoms with Gasteiger partial charge in [-0.3, -0.25) is 14.8 Å². The maximum Gasteiger partial charge on any atom is 0.124 e. The molecule has 7 heteroatoms. The summed E-state index contributed by atoms with van der Waals surface area (Å²) in [7, 11) is 0. The molecule has 2 bridgehead atoms. The monoisotopic (exact) mass is 475 g/mol. The van der Waals surface area contributed by atoms with E-state index in [1.54, 1.807) is 0 Å². The van der Waals surface area contributed by atoms with Crippen molar-refractivity contribution in [3.8, 4) is 11.5 Å². The molecular weight excluding hydrogens is 438 g/mol. The Kier molecular flexibility index (Phi) is 8.03. The van der Waals surface area contributed by atoms with Crippen LogP contribution in [0.1, 0.15) is 51.2 Å². The van der Waals surface area contributed by atoms with Crippen LogP contribution in [0.4, 0.5) is 0 Å². The first-order valence-corrected chi connectivity index (χ1v) is 12.3. The molecule has 1 aromatic heterocycles. The Labute approximate surface area is 208 Å². The summed E-state index contributed by atoms with van der Waals surface area (Å²) in [6, 6.07) is 14.1. The fraction of sp³-hybridized carbons (Fsp3) is 0.393. The normalized spacial score (nSPS) is 15.3. The van der Waals surface area contributed by atoms with E-state index in [-0.39, 0.29) is 0 Å². The fourth-order valence-corrected chi connectivity index (χ4v) is 5.01. The van der Waals surface area contributed by atoms with Crippen LogP contribution in [0.5, 0.6) is 11.5 Å². The largest absolute Gasteiger partial charge is 0.507 e. The van der Waals surface area contributed by atoms with E-state index in [9.17, 15) is 10.2 Å². The molecule has 6 N–H and O–H groups in total. The van der Waals surface area contributed by atoms with Gasteiger partial charge in [-0.15, -0.1) is 0 Å². The van der Waals surface area contributed by atoms with Gasteiger partial charge >= 0.3 is 0 Å². The second-order valence-corrected chi connectivity index (χ2v) is 9.67. The van der Waals surface area contributed by atoms with Crippen LogP contribution < -0.4 is 11.5 Å². The first kappa shape index (κ1) is 25.1. The lowest BCUT2D eigenvalue weighted by Gasteiger charge is -2.28. The first-order chi connectivity index (χ1) is 16.9. The zero-order valence-corrected chi connectivity index (χ0v) is 20.8. The quantitative estimate of drug-likeness (QED) is 0.432. The molecule has 2 aromatic carbocycles. The van der Waals surface area contributed by atoms with Crippen LogP contribution in [0.15, 0.2) is 42.5 Å². The van der Waals surface area contributed by atoms with Crippen molar-refractivity contribution < 1.29 is 10.2 Å². The number of nitrogens with two attached hydrogens (primary N) is 2. The molecule has 0 atom stereocenters. The summed E-state index contributed by atoms with van der Waals surface area (Å²) in [4.78, 5) is 9.59. The van der Waals surface area contributed by atoms with Gasteiger partial charge in [0.15, 0.2) is 0 Å². The number of aromatic hydroxyl groups is 2. The summed E-state index contributed by atoms with van der Waals surface area (Å²) in [5.41, 5.74) is 19.3. The Morgan fingerprint density at radius 3 is 1.60 bits per heavy atom. The molecule has 0 amide bonds. The Morgan fingerprint density at radius 2 is 1.17 bits per heavy atom. The van der Waals surface area contributed by atoms with E-state index in [4.69, 9.17) is 16.5 Å². The Morgan fingerprint density at radius 1 is 0.743 bits per heavy atom. The molecule has 186 valence electrons. The van der Waals surface area contributed by atoms with Crippen LogP contribution >= 0.6 is 0 Å². The number of rotatable bonds is 6. The zero-order valence-electron chi connectivity index (χ0n) is 20.8. The standard InChI is InChI=1S/C28H37N5O2/c1-19-9-21(13-29)27(34)23(11-19)15-32-7-4-8-33(18-26-6-3-5-25(17-32)31-26)16-24-12-20(2)10-22(14-30)28(24)35/h3,5-6,9-12,34-35H,4,7-8,13-18,29-30H2,1-2H3. The fourth-order valence-electron chi connectivity index (χ4n) is 5.01. The minimum atomic E-state index is 0.296. The van der Waals surface area contributed by atoms with Gasteiger partial charge in [-0.1, -0.05) is 41.5 Å². The molecule has 0 fully saturated rings. The van der Waals surface area contributed by atoms with Crippen LogP contribution in [-0.4, -0.2) is 38.1 Å². The molecule has 0 spiro atoms. The number of pyridine rings is 1. The van der Waals surface area contributed by atoms with E-state index >= 15 is 0 Å². The van der Waals surface area contributed by atoms with Crippen molar-refractivity contribution in [2.24, 2.45) is 11.5 Å². The predicted molar refractivity (Wildman–Crippen MR) is 139 cm³/mol. The molecule has 0 unspecified atom stereocenters. The van der Waals surface area contributed by atoms with Gasteiger partial charge in [0.2, 0.25) is 0 Å². The molecule has 3 aromatic rings. The van der Waals surface area contributed by atoms with Gasteiger partial charge in [-0.2, -0.15) is 0 Å². The van der Waals surface area contributed by atoms with Crippen LogP contribution in [0.3, 0.4) is 0 Å². The molecule has 1 aliphatic heterocycles. The van der Waals surface area contributed by atoms with Crippen molar-refractivity contribution in [3.05, 3.63) is 87.2 Å². The lowest BCUT2D eigenvalue weighted by molar-refractivity contribution is 0.196. The number of aromatic nitrogens is 1. The molecule has 7 nitrogen and oxygen atoms in total. The second kappa shape index (κ2) is 11.2. The molecule has 4 rings (SSSR count). The van der Waals surface area contributed by atoms with Crippen LogP contribution in [0.2, 0.25) is 0 Å². The minimum Gasteiger partial charge on any atom is -0.507 e. The molecule has 0 radical (unpaired) electrons. The third-order valence-corrected chi connectivity index (χ3v) is 6.64. The van der Waals surface area contributed by atoms with E-state index in [2.05, 4.69) is 28.0 Å². The zero-order chi connectivity index (χ0) is 24.9. The number of hydrogen-bond donors (Lipinski definition) is 4. The highest BCUT2D eigenvalue weighted by molar-refractivity contribution is 5.44. The number of benzene rings is 2. The maximum atomic E-state index is 10.7. The Balaban J connectivity index is 1.57. The van der Waals surface area contributed by atoms with Gasteiger partial charge in [-0.05, 0) is 32.4 Å². The van der Waals surface area contributed by atoms with Crippen LogP contribution in [0.25, 0.3) is 0 Å². The summed E-state index contributed by atoms with van der Waals surface area (Å²) >= 11 is 0. The van der Waals surface area contributed by atoms with Crippen LogP contribution in [0, 0.1) is 13.8 Å². The number of phenolic OH excluding ortho intramolecular Hbond substituents is 2. The van der Waals surface area contributed by atoms with E-state index in [1.165, 1.54) is 0 Å². The summed E-state index contributed by atoms with van der Waals surface area (Å²) in [5, 5.41) is 21.5. The third kappa shape index (κ3) is 6.18. The minimum absolute atomic E-state index is 0.296. The number of fused-ring (bicyclic) bond motifs is 2. The number of phenols is 2. The van der Waals surface area contributed by atoms with Gasteiger partial charge in [0.1, 0.15) is 11.5 Å². The lowest BCUT2D eigenvalue weighted by Crippen LogP contribution is -2.31. The van der Waals surface area contributed by atoms with Crippen molar-refractivity contribution in [1.82, 2.24) is 14.8 Å². The molecule has 0 saturated carbocycles. The smallest absolute Gasteiger partial charge is 0.124 e. The van der Waals surface area contributed by atoms with Gasteiger partial charge in [-0.25, -0.2) is 0 Å². The van der Waals surface area contributed by atoms with E-state index < -0.39 is 0 Å². The van der Waals surface area contributed by atoms with Crippen molar-refractivity contribution in [3.63, 3.8) is 0 Å². The van der Waals surface area contributed by atoms with E-state index in [1.807, 2.05) is 38.1 Å². The van der Waals surface area contributed by atoms with Crippen LogP contribution in [-0.2, 0) is 39.3 Å². The lowest BCUT2D eigenvalue weighted by atomic mass is 10.0. The molecule has 1 aliphatic rings. The topological polar surface area (TPSA) is 112 Å². The molecular formula is C28H37N5O2. The number of hydrogen-bond acceptors (Lipinski definition) is 7. The predicted octanol–water partition coefficient (Wildman–Crippen LogP) is 3.44. The summed E-state index contributed by atoms with van der Waals surface area (Å²) in [6.07, 6.45) is 0.955.